The van der Waals surface area contributed by atoms with Gasteiger partial charge < -0.3 is 10.2 Å². The third-order valence-electron chi connectivity index (χ3n) is 5.41. The lowest BCUT2D eigenvalue weighted by molar-refractivity contribution is -0.200. The maximum Gasteiger partial charge on any atom is 0.392 e. The molecule has 2 aliphatic heterocycles. The molecule has 0 aromatic carbocycles. The molecular formula is C15H23F3N2O. The van der Waals surface area contributed by atoms with Crippen molar-refractivity contribution in [1.29, 1.82) is 0 Å². The van der Waals surface area contributed by atoms with E-state index in [4.69, 9.17) is 0 Å². The lowest BCUT2D eigenvalue weighted by atomic mass is 9.78. The van der Waals surface area contributed by atoms with Crippen molar-refractivity contribution in [1.82, 2.24) is 10.2 Å². The number of hydrogen-bond acceptors (Lipinski definition) is 2. The van der Waals surface area contributed by atoms with Crippen molar-refractivity contribution in [2.75, 3.05) is 19.6 Å². The summed E-state index contributed by atoms with van der Waals surface area (Å²) in [6, 6.07) is 0.288. The first-order valence-electron chi connectivity index (χ1n) is 8.05. The molecule has 4 atom stereocenters. The van der Waals surface area contributed by atoms with E-state index in [0.29, 0.717) is 31.8 Å². The SMILES string of the molecule is O=C(C1CCCCC1C(F)(F)F)N1C[C@@H]2CCCN[C@@H]2C1. The third kappa shape index (κ3) is 3.05. The zero-order valence-corrected chi connectivity index (χ0v) is 12.2. The summed E-state index contributed by atoms with van der Waals surface area (Å²) in [6.45, 7) is 2.18. The van der Waals surface area contributed by atoms with Gasteiger partial charge in [0.2, 0.25) is 5.91 Å². The summed E-state index contributed by atoms with van der Waals surface area (Å²) in [5.74, 6) is -2.11. The zero-order valence-electron chi connectivity index (χ0n) is 12.2. The predicted molar refractivity (Wildman–Crippen MR) is 72.6 cm³/mol. The van der Waals surface area contributed by atoms with Crippen molar-refractivity contribution < 1.29 is 18.0 Å². The van der Waals surface area contributed by atoms with Gasteiger partial charge >= 0.3 is 6.18 Å². The second-order valence-electron chi connectivity index (χ2n) is 6.75. The summed E-state index contributed by atoms with van der Waals surface area (Å²) in [6.07, 6.45) is -0.248. The number of likely N-dealkylation sites (tertiary alicyclic amines) is 1. The highest BCUT2D eigenvalue weighted by Crippen LogP contribution is 2.42. The summed E-state index contributed by atoms with van der Waals surface area (Å²) in [4.78, 5) is 14.3. The molecule has 1 amide bonds. The molecule has 2 unspecified atom stereocenters. The van der Waals surface area contributed by atoms with Crippen LogP contribution in [0.15, 0.2) is 0 Å². The molecule has 0 spiro atoms. The normalized spacial score (nSPS) is 37.4. The maximum absolute atomic E-state index is 13.2. The van der Waals surface area contributed by atoms with Crippen molar-refractivity contribution in [3.8, 4) is 0 Å². The minimum Gasteiger partial charge on any atom is -0.341 e. The quantitative estimate of drug-likeness (QED) is 0.807. The molecule has 2 saturated heterocycles. The second-order valence-corrected chi connectivity index (χ2v) is 6.75. The molecular weight excluding hydrogens is 281 g/mol. The molecule has 0 bridgehead atoms. The van der Waals surface area contributed by atoms with Crippen LogP contribution in [-0.2, 0) is 4.79 Å². The molecule has 6 heteroatoms. The predicted octanol–water partition coefficient (Wildman–Crippen LogP) is 2.57. The molecule has 21 heavy (non-hydrogen) atoms. The highest BCUT2D eigenvalue weighted by atomic mass is 19.4. The molecule has 0 radical (unpaired) electrons. The molecule has 3 nitrogen and oxygen atoms in total. The fraction of sp³-hybridized carbons (Fsp3) is 0.933. The first-order chi connectivity index (χ1) is 9.97. The number of nitrogens with zero attached hydrogens (tertiary/aromatic N) is 1. The molecule has 1 saturated carbocycles. The summed E-state index contributed by atoms with van der Waals surface area (Å²) in [7, 11) is 0. The number of halogens is 3. The van der Waals surface area contributed by atoms with Gasteiger partial charge in [-0.05, 0) is 38.1 Å². The van der Waals surface area contributed by atoms with Gasteiger partial charge in [0.25, 0.3) is 0 Å². The third-order valence-corrected chi connectivity index (χ3v) is 5.41. The number of amides is 1. The molecule has 3 aliphatic rings. The van der Waals surface area contributed by atoms with E-state index < -0.39 is 18.0 Å². The Labute approximate surface area is 123 Å². The van der Waals surface area contributed by atoms with Crippen molar-refractivity contribution in [3.63, 3.8) is 0 Å². The van der Waals surface area contributed by atoms with E-state index in [1.165, 1.54) is 0 Å². The molecule has 3 fully saturated rings. The lowest BCUT2D eigenvalue weighted by Crippen LogP contribution is -2.45. The Morgan fingerprint density at radius 3 is 2.52 bits per heavy atom. The first-order valence-corrected chi connectivity index (χ1v) is 8.05. The highest BCUT2D eigenvalue weighted by Gasteiger charge is 2.50. The number of fused-ring (bicyclic) bond motifs is 1. The van der Waals surface area contributed by atoms with Gasteiger partial charge in [0.15, 0.2) is 0 Å². The van der Waals surface area contributed by atoms with Gasteiger partial charge in [-0.3, -0.25) is 4.79 Å². The Bertz CT molecular complexity index is 385. The number of hydrogen-bond donors (Lipinski definition) is 1. The second kappa shape index (κ2) is 5.78. The zero-order chi connectivity index (χ0) is 15.0. The van der Waals surface area contributed by atoms with Gasteiger partial charge in [-0.1, -0.05) is 12.8 Å². The Balaban J connectivity index is 1.69. The summed E-state index contributed by atoms with van der Waals surface area (Å²) >= 11 is 0. The van der Waals surface area contributed by atoms with Gasteiger partial charge in [-0.25, -0.2) is 0 Å². The summed E-state index contributed by atoms with van der Waals surface area (Å²) in [5, 5.41) is 3.39. The van der Waals surface area contributed by atoms with E-state index in [9.17, 15) is 18.0 Å². The monoisotopic (exact) mass is 304 g/mol. The summed E-state index contributed by atoms with van der Waals surface area (Å²) < 4.78 is 39.5. The van der Waals surface area contributed by atoms with E-state index in [1.807, 2.05) is 0 Å². The van der Waals surface area contributed by atoms with E-state index in [0.717, 1.165) is 25.8 Å². The van der Waals surface area contributed by atoms with Gasteiger partial charge in [-0.2, -0.15) is 13.2 Å². The van der Waals surface area contributed by atoms with Crippen molar-refractivity contribution in [2.24, 2.45) is 17.8 Å². The number of alkyl halides is 3. The number of nitrogens with one attached hydrogen (secondary N) is 1. The number of rotatable bonds is 1. The van der Waals surface area contributed by atoms with Gasteiger partial charge in [-0.15, -0.1) is 0 Å². The Hall–Kier alpha value is -0.780. The molecule has 0 aromatic heterocycles. The summed E-state index contributed by atoms with van der Waals surface area (Å²) in [5.41, 5.74) is 0. The van der Waals surface area contributed by atoms with Gasteiger partial charge in [0, 0.05) is 25.0 Å². The lowest BCUT2D eigenvalue weighted by Gasteiger charge is -2.34. The van der Waals surface area contributed by atoms with Crippen LogP contribution >= 0.6 is 0 Å². The Morgan fingerprint density at radius 1 is 1.05 bits per heavy atom. The van der Waals surface area contributed by atoms with E-state index in [2.05, 4.69) is 5.32 Å². The van der Waals surface area contributed by atoms with E-state index in [-0.39, 0.29) is 18.4 Å². The Kier molecular flexibility index (Phi) is 4.17. The highest BCUT2D eigenvalue weighted by molar-refractivity contribution is 5.79. The van der Waals surface area contributed by atoms with Crippen LogP contribution in [0, 0.1) is 17.8 Å². The van der Waals surface area contributed by atoms with Crippen molar-refractivity contribution in [2.45, 2.75) is 50.7 Å². The van der Waals surface area contributed by atoms with E-state index in [1.54, 1.807) is 4.90 Å². The number of carbonyl (C=O) groups excluding carboxylic acids is 1. The smallest absolute Gasteiger partial charge is 0.341 e. The molecule has 1 aliphatic carbocycles. The van der Waals surface area contributed by atoms with Crippen LogP contribution < -0.4 is 5.32 Å². The largest absolute Gasteiger partial charge is 0.392 e. The average molecular weight is 304 g/mol. The molecule has 3 rings (SSSR count). The van der Waals surface area contributed by atoms with Gasteiger partial charge in [0.05, 0.1) is 5.92 Å². The molecule has 120 valence electrons. The van der Waals surface area contributed by atoms with Crippen molar-refractivity contribution in [3.05, 3.63) is 0 Å². The maximum atomic E-state index is 13.2. The standard InChI is InChI=1S/C15H23F3N2O/c16-15(17,18)12-6-2-1-5-11(12)14(21)20-8-10-4-3-7-19-13(10)9-20/h10-13,19H,1-9H2/t10-,11?,12?,13+/m0/s1. The van der Waals surface area contributed by atoms with Crippen LogP contribution in [0.2, 0.25) is 0 Å². The molecule has 2 heterocycles. The van der Waals surface area contributed by atoms with E-state index >= 15 is 0 Å². The minimum atomic E-state index is -4.24. The first kappa shape index (κ1) is 15.1. The van der Waals surface area contributed by atoms with Crippen LogP contribution in [0.1, 0.15) is 38.5 Å². The fourth-order valence-corrected chi connectivity index (χ4v) is 4.28. The van der Waals surface area contributed by atoms with Crippen molar-refractivity contribution >= 4 is 5.91 Å². The van der Waals surface area contributed by atoms with Crippen LogP contribution in [0.3, 0.4) is 0 Å². The number of carbonyl (C=O) groups is 1. The molecule has 0 aromatic rings. The molecule has 1 N–H and O–H groups in total. The minimum absolute atomic E-state index is 0.110. The average Bonchev–Trinajstić information content (AvgIpc) is 2.89. The Morgan fingerprint density at radius 2 is 1.81 bits per heavy atom. The van der Waals surface area contributed by atoms with Gasteiger partial charge in [0.1, 0.15) is 0 Å². The van der Waals surface area contributed by atoms with Crippen LogP contribution in [0.25, 0.3) is 0 Å². The van der Waals surface area contributed by atoms with Crippen LogP contribution in [0.4, 0.5) is 13.2 Å². The van der Waals surface area contributed by atoms with Crippen LogP contribution in [-0.4, -0.2) is 42.7 Å². The topological polar surface area (TPSA) is 32.3 Å². The fourth-order valence-electron chi connectivity index (χ4n) is 4.28. The number of piperidine rings is 1. The van der Waals surface area contributed by atoms with Crippen LogP contribution in [0.5, 0.6) is 0 Å².